The van der Waals surface area contributed by atoms with Crippen LogP contribution in [0.5, 0.6) is 0 Å². The lowest BCUT2D eigenvalue weighted by atomic mass is 9.94. The molecule has 1 aliphatic rings. The summed E-state index contributed by atoms with van der Waals surface area (Å²) in [5.74, 6) is 0.0729. The van der Waals surface area contributed by atoms with Crippen molar-refractivity contribution in [2.24, 2.45) is 5.92 Å². The van der Waals surface area contributed by atoms with Gasteiger partial charge in [-0.05, 0) is 54.2 Å². The van der Waals surface area contributed by atoms with Crippen molar-refractivity contribution in [3.05, 3.63) is 107 Å². The van der Waals surface area contributed by atoms with Crippen LogP contribution in [0.25, 0.3) is 6.08 Å². The Hall–Kier alpha value is -3.73. The predicted octanol–water partition coefficient (Wildman–Crippen LogP) is 4.87. The number of rotatable bonds is 7. The summed E-state index contributed by atoms with van der Waals surface area (Å²) in [6, 6.07) is 21.9. The van der Waals surface area contributed by atoms with Crippen LogP contribution in [-0.2, 0) is 22.7 Å². The minimum atomic E-state index is -0.0807. The number of aryl methyl sites for hydroxylation is 1. The van der Waals surface area contributed by atoms with Crippen molar-refractivity contribution in [3.63, 3.8) is 0 Å². The Morgan fingerprint density at radius 2 is 1.71 bits per heavy atom. The van der Waals surface area contributed by atoms with Gasteiger partial charge in [-0.15, -0.1) is 0 Å². The number of benzene rings is 2. The third kappa shape index (κ3) is 6.19. The Morgan fingerprint density at radius 1 is 0.971 bits per heavy atom. The lowest BCUT2D eigenvalue weighted by Crippen LogP contribution is -2.43. The van der Waals surface area contributed by atoms with Crippen LogP contribution < -0.4 is 0 Å². The third-order valence-electron chi connectivity index (χ3n) is 6.40. The number of pyridine rings is 1. The minimum Gasteiger partial charge on any atom is -0.339 e. The van der Waals surface area contributed by atoms with E-state index in [1.165, 1.54) is 5.56 Å². The molecule has 0 N–H and O–H groups in total. The fourth-order valence-electron chi connectivity index (χ4n) is 4.36. The molecule has 5 nitrogen and oxygen atoms in total. The molecule has 0 spiro atoms. The summed E-state index contributed by atoms with van der Waals surface area (Å²) >= 11 is 0. The lowest BCUT2D eigenvalue weighted by molar-refractivity contribution is -0.140. The molecule has 0 bridgehead atoms. The standard InChI is InChI=1S/C29H31N3O2/c1-23-8-5-6-12-27(23)22-32(21-25-11-7-17-30-20-25)29(34)26-15-18-31(19-16-26)28(33)14-13-24-9-3-2-4-10-24/h2-14,17,20,26H,15-16,18-19,21-22H2,1H3/b14-13+. The van der Waals surface area contributed by atoms with Gasteiger partial charge >= 0.3 is 0 Å². The van der Waals surface area contributed by atoms with Crippen molar-refractivity contribution in [2.45, 2.75) is 32.9 Å². The Bertz CT molecular complexity index is 1120. The Labute approximate surface area is 201 Å². The van der Waals surface area contributed by atoms with Crippen molar-refractivity contribution in [2.75, 3.05) is 13.1 Å². The molecule has 0 radical (unpaired) electrons. The molecule has 1 aromatic heterocycles. The first kappa shape index (κ1) is 23.4. The Kier molecular flexibility index (Phi) is 7.87. The summed E-state index contributed by atoms with van der Waals surface area (Å²) < 4.78 is 0. The quantitative estimate of drug-likeness (QED) is 0.480. The van der Waals surface area contributed by atoms with Crippen LogP contribution in [0, 0.1) is 12.8 Å². The topological polar surface area (TPSA) is 53.5 Å². The van der Waals surface area contributed by atoms with E-state index in [4.69, 9.17) is 0 Å². The van der Waals surface area contributed by atoms with Crippen LogP contribution in [0.15, 0.2) is 85.2 Å². The van der Waals surface area contributed by atoms with Crippen LogP contribution >= 0.6 is 0 Å². The van der Waals surface area contributed by atoms with Crippen LogP contribution in [0.3, 0.4) is 0 Å². The molecule has 5 heteroatoms. The van der Waals surface area contributed by atoms with Crippen LogP contribution in [0.2, 0.25) is 0 Å². The molecular formula is C29H31N3O2. The summed E-state index contributed by atoms with van der Waals surface area (Å²) in [5, 5.41) is 0. The molecule has 1 saturated heterocycles. The second kappa shape index (κ2) is 11.4. The number of aromatic nitrogens is 1. The van der Waals surface area contributed by atoms with E-state index in [-0.39, 0.29) is 17.7 Å². The van der Waals surface area contributed by atoms with Gasteiger partial charge in [0.2, 0.25) is 11.8 Å². The van der Waals surface area contributed by atoms with Crippen molar-refractivity contribution in [1.29, 1.82) is 0 Å². The number of nitrogens with zero attached hydrogens (tertiary/aromatic N) is 3. The summed E-state index contributed by atoms with van der Waals surface area (Å²) in [5.41, 5.74) is 4.35. The molecule has 174 valence electrons. The zero-order valence-electron chi connectivity index (χ0n) is 19.6. The molecule has 34 heavy (non-hydrogen) atoms. The molecule has 2 amide bonds. The van der Waals surface area contributed by atoms with E-state index in [0.29, 0.717) is 39.0 Å². The molecule has 2 heterocycles. The highest BCUT2D eigenvalue weighted by Gasteiger charge is 2.30. The minimum absolute atomic E-state index is 0.00174. The number of amides is 2. The van der Waals surface area contributed by atoms with Crippen molar-refractivity contribution < 1.29 is 9.59 Å². The highest BCUT2D eigenvalue weighted by Crippen LogP contribution is 2.23. The maximum absolute atomic E-state index is 13.6. The van der Waals surface area contributed by atoms with Crippen LogP contribution in [0.4, 0.5) is 0 Å². The number of likely N-dealkylation sites (tertiary alicyclic amines) is 1. The molecule has 3 aromatic rings. The first-order valence-electron chi connectivity index (χ1n) is 11.8. The number of hydrogen-bond donors (Lipinski definition) is 0. The fourth-order valence-corrected chi connectivity index (χ4v) is 4.36. The summed E-state index contributed by atoms with van der Waals surface area (Å²) in [7, 11) is 0. The van der Waals surface area contributed by atoms with Gasteiger partial charge in [-0.25, -0.2) is 0 Å². The summed E-state index contributed by atoms with van der Waals surface area (Å²) in [6.07, 6.45) is 8.40. The van der Waals surface area contributed by atoms with Gasteiger partial charge < -0.3 is 9.80 Å². The number of carbonyl (C=O) groups is 2. The molecule has 2 aromatic carbocycles. The van der Waals surface area contributed by atoms with Gasteiger partial charge in [-0.3, -0.25) is 14.6 Å². The second-order valence-corrected chi connectivity index (χ2v) is 8.83. The molecular weight excluding hydrogens is 422 g/mol. The Morgan fingerprint density at radius 3 is 2.41 bits per heavy atom. The van der Waals surface area contributed by atoms with Crippen LogP contribution in [0.1, 0.15) is 35.1 Å². The maximum atomic E-state index is 13.6. The summed E-state index contributed by atoms with van der Waals surface area (Å²) in [6.45, 7) is 4.37. The highest BCUT2D eigenvalue weighted by atomic mass is 16.2. The van der Waals surface area contributed by atoms with Crippen LogP contribution in [-0.4, -0.2) is 39.7 Å². The molecule has 1 aliphatic heterocycles. The van der Waals surface area contributed by atoms with Gasteiger partial charge in [0.15, 0.2) is 0 Å². The molecule has 4 rings (SSSR count). The third-order valence-corrected chi connectivity index (χ3v) is 6.40. The van der Waals surface area contributed by atoms with E-state index >= 15 is 0 Å². The van der Waals surface area contributed by atoms with Crippen molar-refractivity contribution >= 4 is 17.9 Å². The predicted molar refractivity (Wildman–Crippen MR) is 134 cm³/mol. The normalized spacial score (nSPS) is 14.3. The van der Waals surface area contributed by atoms with E-state index in [1.807, 2.05) is 76.7 Å². The maximum Gasteiger partial charge on any atom is 0.246 e. The first-order valence-corrected chi connectivity index (χ1v) is 11.8. The number of carbonyl (C=O) groups excluding carboxylic acids is 2. The van der Waals surface area contributed by atoms with E-state index in [2.05, 4.69) is 24.0 Å². The van der Waals surface area contributed by atoms with Gasteiger partial charge in [-0.2, -0.15) is 0 Å². The highest BCUT2D eigenvalue weighted by molar-refractivity contribution is 5.92. The SMILES string of the molecule is Cc1ccccc1CN(Cc1cccnc1)C(=O)C1CCN(C(=O)/C=C/c2ccccc2)CC1. The fraction of sp³-hybridized carbons (Fsp3) is 0.276. The van der Waals surface area contributed by atoms with Gasteiger partial charge in [0.25, 0.3) is 0 Å². The zero-order chi connectivity index (χ0) is 23.8. The van der Waals surface area contributed by atoms with E-state index < -0.39 is 0 Å². The lowest BCUT2D eigenvalue weighted by Gasteiger charge is -2.34. The van der Waals surface area contributed by atoms with Gasteiger partial charge in [-0.1, -0.05) is 60.7 Å². The van der Waals surface area contributed by atoms with Crippen molar-refractivity contribution in [1.82, 2.24) is 14.8 Å². The van der Waals surface area contributed by atoms with Gasteiger partial charge in [0.1, 0.15) is 0 Å². The Balaban J connectivity index is 1.40. The zero-order valence-corrected chi connectivity index (χ0v) is 19.6. The van der Waals surface area contributed by atoms with Gasteiger partial charge in [0.05, 0.1) is 0 Å². The number of hydrogen-bond acceptors (Lipinski definition) is 3. The average molecular weight is 454 g/mol. The van der Waals surface area contributed by atoms with E-state index in [1.54, 1.807) is 12.3 Å². The molecule has 0 saturated carbocycles. The largest absolute Gasteiger partial charge is 0.339 e. The molecule has 0 atom stereocenters. The molecule has 0 unspecified atom stereocenters. The monoisotopic (exact) mass is 453 g/mol. The number of piperidine rings is 1. The van der Waals surface area contributed by atoms with Crippen molar-refractivity contribution in [3.8, 4) is 0 Å². The summed E-state index contributed by atoms with van der Waals surface area (Å²) in [4.78, 5) is 34.2. The second-order valence-electron chi connectivity index (χ2n) is 8.83. The first-order chi connectivity index (χ1) is 16.6. The molecule has 1 fully saturated rings. The van der Waals surface area contributed by atoms with E-state index in [0.717, 1.165) is 16.7 Å². The smallest absolute Gasteiger partial charge is 0.246 e. The van der Waals surface area contributed by atoms with E-state index in [9.17, 15) is 9.59 Å². The average Bonchev–Trinajstić information content (AvgIpc) is 2.89. The van der Waals surface area contributed by atoms with Gasteiger partial charge in [0, 0.05) is 50.6 Å². The molecule has 0 aliphatic carbocycles.